The average molecular weight is 422 g/mol. The number of amides is 1. The van der Waals surface area contributed by atoms with Crippen LogP contribution in [-0.2, 0) is 10.3 Å². The smallest absolute Gasteiger partial charge is 0.230 e. The molecule has 1 aliphatic heterocycles. The van der Waals surface area contributed by atoms with E-state index in [9.17, 15) is 4.79 Å². The molecule has 1 aromatic heterocycles. The van der Waals surface area contributed by atoms with Crippen molar-refractivity contribution in [2.75, 3.05) is 12.0 Å². The van der Waals surface area contributed by atoms with Crippen LogP contribution in [0.15, 0.2) is 18.2 Å². The SMILES string of the molecule is CCCC(CCC)C(=O)N1c2ccc(OC)cc2-c2c(ssc2=S)C1(C)C. The lowest BCUT2D eigenvalue weighted by Gasteiger charge is -2.44. The Labute approximate surface area is 174 Å². The molecule has 0 radical (unpaired) electrons. The molecule has 0 fully saturated rings. The van der Waals surface area contributed by atoms with Gasteiger partial charge in [0.2, 0.25) is 5.91 Å². The summed E-state index contributed by atoms with van der Waals surface area (Å²) in [5.74, 6) is 1.07. The molecule has 0 unspecified atom stereocenters. The zero-order valence-electron chi connectivity index (χ0n) is 16.6. The second kappa shape index (κ2) is 8.02. The average Bonchev–Trinajstić information content (AvgIpc) is 3.04. The Morgan fingerprint density at radius 1 is 1.22 bits per heavy atom. The molecule has 6 heteroatoms. The van der Waals surface area contributed by atoms with E-state index in [0.717, 1.165) is 52.1 Å². The maximum absolute atomic E-state index is 13.7. The van der Waals surface area contributed by atoms with Crippen molar-refractivity contribution in [2.24, 2.45) is 5.92 Å². The first-order chi connectivity index (χ1) is 12.9. The summed E-state index contributed by atoms with van der Waals surface area (Å²) in [6, 6.07) is 5.98. The van der Waals surface area contributed by atoms with E-state index in [1.54, 1.807) is 27.8 Å². The molecule has 2 aromatic rings. The van der Waals surface area contributed by atoms with Crippen molar-refractivity contribution in [3.05, 3.63) is 26.9 Å². The Kier molecular flexibility index (Phi) is 6.08. The molecule has 2 heterocycles. The third kappa shape index (κ3) is 3.47. The van der Waals surface area contributed by atoms with E-state index < -0.39 is 5.54 Å². The van der Waals surface area contributed by atoms with Gasteiger partial charge in [0.25, 0.3) is 0 Å². The molecule has 1 amide bonds. The van der Waals surface area contributed by atoms with Crippen LogP contribution in [0, 0.1) is 9.74 Å². The molecule has 27 heavy (non-hydrogen) atoms. The van der Waals surface area contributed by atoms with Crippen molar-refractivity contribution in [1.29, 1.82) is 0 Å². The number of hydrogen-bond donors (Lipinski definition) is 0. The number of benzene rings is 1. The van der Waals surface area contributed by atoms with Gasteiger partial charge in [0.15, 0.2) is 0 Å². The van der Waals surface area contributed by atoms with E-state index in [1.165, 1.54) is 4.88 Å². The maximum atomic E-state index is 13.7. The Morgan fingerprint density at radius 2 is 1.89 bits per heavy atom. The second-order valence-corrected chi connectivity index (χ2v) is 10.4. The lowest BCUT2D eigenvalue weighted by Crippen LogP contribution is -2.50. The van der Waals surface area contributed by atoms with Crippen molar-refractivity contribution in [2.45, 2.75) is 58.9 Å². The Hall–Kier alpha value is -1.24. The molecule has 0 saturated heterocycles. The van der Waals surface area contributed by atoms with Gasteiger partial charge in [0.1, 0.15) is 9.57 Å². The van der Waals surface area contributed by atoms with Crippen LogP contribution in [-0.4, -0.2) is 13.0 Å². The fourth-order valence-corrected chi connectivity index (χ4v) is 7.28. The van der Waals surface area contributed by atoms with Gasteiger partial charge >= 0.3 is 0 Å². The molecular formula is C21H27NO2S3. The van der Waals surface area contributed by atoms with Gasteiger partial charge in [-0.2, -0.15) is 0 Å². The topological polar surface area (TPSA) is 29.5 Å². The van der Waals surface area contributed by atoms with Crippen molar-refractivity contribution < 1.29 is 9.53 Å². The largest absolute Gasteiger partial charge is 0.497 e. The molecule has 0 spiro atoms. The van der Waals surface area contributed by atoms with E-state index in [0.29, 0.717) is 0 Å². The predicted molar refractivity (Wildman–Crippen MR) is 119 cm³/mol. The summed E-state index contributed by atoms with van der Waals surface area (Å²) < 4.78 is 6.35. The summed E-state index contributed by atoms with van der Waals surface area (Å²) in [6.07, 6.45) is 3.89. The third-order valence-corrected chi connectivity index (χ3v) is 8.63. The fraction of sp³-hybridized carbons (Fsp3) is 0.524. The normalized spacial score (nSPS) is 14.8. The van der Waals surface area contributed by atoms with Gasteiger partial charge in [0.05, 0.1) is 23.2 Å². The van der Waals surface area contributed by atoms with Gasteiger partial charge in [-0.3, -0.25) is 4.79 Å². The fourth-order valence-electron chi connectivity index (χ4n) is 4.00. The van der Waals surface area contributed by atoms with Gasteiger partial charge in [-0.25, -0.2) is 0 Å². The van der Waals surface area contributed by atoms with Crippen LogP contribution in [0.3, 0.4) is 0 Å². The van der Waals surface area contributed by atoms with E-state index in [2.05, 4.69) is 27.7 Å². The molecule has 3 nitrogen and oxygen atoms in total. The third-order valence-electron chi connectivity index (χ3n) is 5.30. The highest BCUT2D eigenvalue weighted by molar-refractivity contribution is 7.80. The molecule has 3 rings (SSSR count). The highest BCUT2D eigenvalue weighted by atomic mass is 32.9. The van der Waals surface area contributed by atoms with Gasteiger partial charge in [-0.1, -0.05) is 59.6 Å². The van der Waals surface area contributed by atoms with Gasteiger partial charge in [-0.15, -0.1) is 0 Å². The first-order valence-corrected chi connectivity index (χ1v) is 12.1. The van der Waals surface area contributed by atoms with Crippen LogP contribution >= 0.6 is 32.9 Å². The zero-order valence-corrected chi connectivity index (χ0v) is 19.1. The molecule has 0 N–H and O–H groups in total. The van der Waals surface area contributed by atoms with E-state index in [1.807, 2.05) is 23.1 Å². The van der Waals surface area contributed by atoms with E-state index in [-0.39, 0.29) is 11.8 Å². The van der Waals surface area contributed by atoms with Crippen molar-refractivity contribution in [3.8, 4) is 16.9 Å². The summed E-state index contributed by atoms with van der Waals surface area (Å²) in [5, 5.41) is 0. The maximum Gasteiger partial charge on any atom is 0.230 e. The minimum absolute atomic E-state index is 0.0578. The summed E-state index contributed by atoms with van der Waals surface area (Å²) in [5.41, 5.74) is 2.66. The van der Waals surface area contributed by atoms with E-state index in [4.69, 9.17) is 17.0 Å². The molecule has 0 aliphatic carbocycles. The van der Waals surface area contributed by atoms with Gasteiger partial charge < -0.3 is 9.64 Å². The minimum atomic E-state index is -0.411. The van der Waals surface area contributed by atoms with Crippen molar-refractivity contribution in [1.82, 2.24) is 0 Å². The monoisotopic (exact) mass is 421 g/mol. The Morgan fingerprint density at radius 3 is 2.48 bits per heavy atom. The Balaban J connectivity index is 2.21. The lowest BCUT2D eigenvalue weighted by atomic mass is 9.85. The number of carbonyl (C=O) groups excluding carboxylic acids is 1. The van der Waals surface area contributed by atoms with Gasteiger partial charge in [0, 0.05) is 17.0 Å². The number of anilines is 1. The van der Waals surface area contributed by atoms with Crippen LogP contribution in [0.1, 0.15) is 58.3 Å². The molecule has 0 bridgehead atoms. The van der Waals surface area contributed by atoms with E-state index >= 15 is 0 Å². The van der Waals surface area contributed by atoms with Crippen LogP contribution < -0.4 is 9.64 Å². The standard InChI is InChI=1S/C21H27NO2S3/c1-6-8-13(9-7-2)19(23)22-16-11-10-14(24-5)12-15(16)17-18(21(22,3)4)26-27-20(17)25/h10-13H,6-9H2,1-5H3. The number of nitrogens with zero attached hydrogens (tertiary/aromatic N) is 1. The first-order valence-electron chi connectivity index (χ1n) is 9.52. The summed E-state index contributed by atoms with van der Waals surface area (Å²) in [7, 11) is 4.99. The van der Waals surface area contributed by atoms with Crippen LogP contribution in [0.2, 0.25) is 0 Å². The molecule has 0 saturated carbocycles. The molecular weight excluding hydrogens is 394 g/mol. The summed E-state index contributed by atoms with van der Waals surface area (Å²) in [6.45, 7) is 8.59. The summed E-state index contributed by atoms with van der Waals surface area (Å²) >= 11 is 5.65. The Bertz CT molecular complexity index is 891. The van der Waals surface area contributed by atoms with Crippen LogP contribution in [0.5, 0.6) is 5.75 Å². The first kappa shape index (κ1) is 20.5. The second-order valence-electron chi connectivity index (χ2n) is 7.55. The predicted octanol–water partition coefficient (Wildman–Crippen LogP) is 7.01. The minimum Gasteiger partial charge on any atom is -0.497 e. The van der Waals surface area contributed by atoms with Crippen molar-refractivity contribution >= 4 is 44.5 Å². The zero-order chi connectivity index (χ0) is 19.8. The number of rotatable bonds is 6. The van der Waals surface area contributed by atoms with Gasteiger partial charge in [-0.05, 0) is 44.9 Å². The molecule has 0 atom stereocenters. The number of fused-ring (bicyclic) bond motifs is 3. The summed E-state index contributed by atoms with van der Waals surface area (Å²) in [4.78, 5) is 16.9. The molecule has 1 aliphatic rings. The number of hydrogen-bond acceptors (Lipinski definition) is 5. The highest BCUT2D eigenvalue weighted by Gasteiger charge is 2.44. The molecule has 146 valence electrons. The number of ether oxygens (including phenoxy) is 1. The number of carbonyl (C=O) groups is 1. The van der Waals surface area contributed by atoms with Crippen LogP contribution in [0.25, 0.3) is 11.1 Å². The number of methoxy groups -OCH3 is 1. The highest BCUT2D eigenvalue weighted by Crippen LogP contribution is 2.53. The molecule has 1 aromatic carbocycles. The lowest BCUT2D eigenvalue weighted by molar-refractivity contribution is -0.124. The quantitative estimate of drug-likeness (QED) is 0.371. The van der Waals surface area contributed by atoms with Crippen LogP contribution in [0.4, 0.5) is 5.69 Å². The van der Waals surface area contributed by atoms with Crippen molar-refractivity contribution in [3.63, 3.8) is 0 Å².